The third kappa shape index (κ3) is 4.63. The van der Waals surface area contributed by atoms with Gasteiger partial charge in [-0.3, -0.25) is 9.59 Å². The van der Waals surface area contributed by atoms with Crippen molar-refractivity contribution >= 4 is 17.4 Å². The van der Waals surface area contributed by atoms with Gasteiger partial charge in [-0.1, -0.05) is 42.0 Å². The van der Waals surface area contributed by atoms with E-state index in [9.17, 15) is 14.9 Å². The lowest BCUT2D eigenvalue weighted by atomic mass is 9.83. The van der Waals surface area contributed by atoms with E-state index >= 15 is 0 Å². The summed E-state index contributed by atoms with van der Waals surface area (Å²) in [7, 11) is 0. The predicted octanol–water partition coefficient (Wildman–Crippen LogP) is 3.46. The van der Waals surface area contributed by atoms with Gasteiger partial charge in [-0.25, -0.2) is 0 Å². The first-order valence-corrected chi connectivity index (χ1v) is 11.8. The maximum atomic E-state index is 12.8. The molecule has 2 aromatic heterocycles. The molecule has 1 saturated heterocycles. The number of hydrogen-bond acceptors (Lipinski definition) is 6. The molecule has 2 aromatic carbocycles. The number of ether oxygens (including phenoxy) is 1. The number of nitrogens with zero attached hydrogens (tertiary/aromatic N) is 5. The number of hydrogen-bond donors (Lipinski definition) is 1. The molecule has 2 unspecified atom stereocenters. The Labute approximate surface area is 208 Å². The summed E-state index contributed by atoms with van der Waals surface area (Å²) in [5.74, 6) is 0.406. The highest BCUT2D eigenvalue weighted by Gasteiger charge is 2.27. The molecule has 0 bridgehead atoms. The van der Waals surface area contributed by atoms with Gasteiger partial charge in [-0.05, 0) is 38.0 Å². The van der Waals surface area contributed by atoms with Crippen LogP contribution in [0.2, 0.25) is 0 Å². The van der Waals surface area contributed by atoms with Gasteiger partial charge in [0, 0.05) is 35.5 Å². The molecule has 9 heteroatoms. The fourth-order valence-electron chi connectivity index (χ4n) is 4.54. The number of aryl methyl sites for hydroxylation is 2. The van der Waals surface area contributed by atoms with Crippen LogP contribution in [0.25, 0.3) is 17.2 Å². The highest BCUT2D eigenvalue weighted by molar-refractivity contribution is 5.90. The predicted molar refractivity (Wildman–Crippen MR) is 135 cm³/mol. The number of aromatic nitrogens is 4. The molecule has 36 heavy (non-hydrogen) atoms. The Morgan fingerprint density at radius 3 is 2.64 bits per heavy atom. The van der Waals surface area contributed by atoms with Crippen molar-refractivity contribution in [1.82, 2.24) is 19.2 Å². The molecule has 1 aliphatic heterocycles. The van der Waals surface area contributed by atoms with Gasteiger partial charge in [0.1, 0.15) is 6.54 Å². The van der Waals surface area contributed by atoms with E-state index in [0.717, 1.165) is 23.1 Å². The number of fused-ring (bicyclic) bond motifs is 1. The van der Waals surface area contributed by atoms with Crippen LogP contribution in [-0.2, 0) is 16.1 Å². The van der Waals surface area contributed by atoms with Crippen LogP contribution in [-0.4, -0.2) is 38.3 Å². The topological polar surface area (TPSA) is 114 Å². The molecular weight excluding hydrogens is 456 g/mol. The number of nitriles is 1. The third-order valence-electron chi connectivity index (χ3n) is 6.55. The lowest BCUT2D eigenvalue weighted by Crippen LogP contribution is -2.25. The first-order chi connectivity index (χ1) is 17.4. The SMILES string of the molecule is Cc1ccc(NC(=O)Cn2c(C)cc(=O)n3nc(-c4ccc(C5CCOCC5C#N)cc4)nc23)cc1. The first-order valence-electron chi connectivity index (χ1n) is 11.8. The molecule has 1 fully saturated rings. The lowest BCUT2D eigenvalue weighted by molar-refractivity contribution is -0.116. The Kier molecular flexibility index (Phi) is 6.36. The molecule has 1 aliphatic rings. The summed E-state index contributed by atoms with van der Waals surface area (Å²) in [6.45, 7) is 4.82. The van der Waals surface area contributed by atoms with Gasteiger partial charge in [0.25, 0.3) is 5.56 Å². The van der Waals surface area contributed by atoms with E-state index in [1.54, 1.807) is 11.5 Å². The number of anilines is 1. The van der Waals surface area contributed by atoms with Crippen molar-refractivity contribution in [1.29, 1.82) is 5.26 Å². The van der Waals surface area contributed by atoms with Gasteiger partial charge in [0.2, 0.25) is 11.7 Å². The highest BCUT2D eigenvalue weighted by Crippen LogP contribution is 2.32. The van der Waals surface area contributed by atoms with Crippen LogP contribution in [0.1, 0.15) is 29.2 Å². The van der Waals surface area contributed by atoms with Gasteiger partial charge in [-0.2, -0.15) is 14.8 Å². The fraction of sp³-hybridized carbons (Fsp3) is 0.296. The van der Waals surface area contributed by atoms with Crippen LogP contribution in [0.3, 0.4) is 0 Å². The summed E-state index contributed by atoms with van der Waals surface area (Å²) in [6.07, 6.45) is 0.799. The molecule has 9 nitrogen and oxygen atoms in total. The minimum absolute atomic E-state index is 0.0140. The normalized spacial score (nSPS) is 17.6. The van der Waals surface area contributed by atoms with Crippen molar-refractivity contribution < 1.29 is 9.53 Å². The van der Waals surface area contributed by atoms with Crippen molar-refractivity contribution in [3.05, 3.63) is 81.8 Å². The molecule has 3 heterocycles. The van der Waals surface area contributed by atoms with Gasteiger partial charge < -0.3 is 14.6 Å². The van der Waals surface area contributed by atoms with Crippen molar-refractivity contribution in [2.24, 2.45) is 5.92 Å². The maximum Gasteiger partial charge on any atom is 0.275 e. The number of benzene rings is 2. The molecule has 0 spiro atoms. The average molecular weight is 483 g/mol. The highest BCUT2D eigenvalue weighted by atomic mass is 16.5. The molecule has 0 saturated carbocycles. The Morgan fingerprint density at radius 1 is 1.17 bits per heavy atom. The van der Waals surface area contributed by atoms with Gasteiger partial charge in [0.15, 0.2) is 5.82 Å². The monoisotopic (exact) mass is 482 g/mol. The number of amides is 1. The fourth-order valence-corrected chi connectivity index (χ4v) is 4.54. The Bertz CT molecular complexity index is 1510. The summed E-state index contributed by atoms with van der Waals surface area (Å²) in [5, 5.41) is 16.8. The van der Waals surface area contributed by atoms with Crippen molar-refractivity contribution in [2.45, 2.75) is 32.7 Å². The van der Waals surface area contributed by atoms with Crippen LogP contribution < -0.4 is 10.9 Å². The zero-order valence-corrected chi connectivity index (χ0v) is 20.1. The van der Waals surface area contributed by atoms with E-state index < -0.39 is 0 Å². The largest absolute Gasteiger partial charge is 0.380 e. The van der Waals surface area contributed by atoms with Gasteiger partial charge >= 0.3 is 0 Å². The summed E-state index contributed by atoms with van der Waals surface area (Å²) in [5.41, 5.74) is 3.92. The van der Waals surface area contributed by atoms with E-state index in [2.05, 4.69) is 21.5 Å². The van der Waals surface area contributed by atoms with Gasteiger partial charge in [0.05, 0.1) is 18.6 Å². The third-order valence-corrected chi connectivity index (χ3v) is 6.55. The summed E-state index contributed by atoms with van der Waals surface area (Å²) in [6, 6.07) is 19.1. The smallest absolute Gasteiger partial charge is 0.275 e. The van der Waals surface area contributed by atoms with Crippen LogP contribution in [0.4, 0.5) is 5.69 Å². The van der Waals surface area contributed by atoms with Crippen LogP contribution >= 0.6 is 0 Å². The van der Waals surface area contributed by atoms with Crippen molar-refractivity contribution in [2.75, 3.05) is 18.5 Å². The van der Waals surface area contributed by atoms with Gasteiger partial charge in [-0.15, -0.1) is 5.10 Å². The zero-order valence-electron chi connectivity index (χ0n) is 20.1. The number of nitrogens with one attached hydrogen (secondary N) is 1. The van der Waals surface area contributed by atoms with E-state index in [1.165, 1.54) is 10.6 Å². The molecule has 1 N–H and O–H groups in total. The second kappa shape index (κ2) is 9.76. The van der Waals surface area contributed by atoms with Crippen molar-refractivity contribution in [3.8, 4) is 17.5 Å². The average Bonchev–Trinajstić information content (AvgIpc) is 3.34. The maximum absolute atomic E-state index is 12.8. The first kappa shape index (κ1) is 23.5. The molecule has 0 aliphatic carbocycles. The lowest BCUT2D eigenvalue weighted by Gasteiger charge is -2.27. The van der Waals surface area contributed by atoms with E-state index in [-0.39, 0.29) is 29.8 Å². The molecule has 0 radical (unpaired) electrons. The van der Waals surface area contributed by atoms with E-state index in [1.807, 2.05) is 55.5 Å². The summed E-state index contributed by atoms with van der Waals surface area (Å²) < 4.78 is 8.34. The van der Waals surface area contributed by atoms with Crippen LogP contribution in [0.15, 0.2) is 59.4 Å². The molecule has 1 amide bonds. The standard InChI is InChI=1S/C27H26N6O3/c1-17-3-9-22(10-4-17)29-24(34)15-32-18(2)13-25(35)33-27(32)30-26(31-33)20-7-5-19(6-8-20)23-11-12-36-16-21(23)14-28/h3-10,13,21,23H,11-12,15-16H2,1-2H3,(H,29,34). The second-order valence-electron chi connectivity index (χ2n) is 9.10. The Morgan fingerprint density at radius 2 is 1.92 bits per heavy atom. The minimum Gasteiger partial charge on any atom is -0.380 e. The number of carbonyl (C=O) groups excluding carboxylic acids is 1. The van der Waals surface area contributed by atoms with Crippen LogP contribution in [0, 0.1) is 31.1 Å². The number of rotatable bonds is 5. The quantitative estimate of drug-likeness (QED) is 0.466. The molecule has 2 atom stereocenters. The Hall–Kier alpha value is -4.29. The molecular formula is C27H26N6O3. The Balaban J connectivity index is 1.43. The molecule has 182 valence electrons. The molecule has 4 aromatic rings. The summed E-state index contributed by atoms with van der Waals surface area (Å²) >= 11 is 0. The zero-order chi connectivity index (χ0) is 25.2. The van der Waals surface area contributed by atoms with Crippen molar-refractivity contribution in [3.63, 3.8) is 0 Å². The minimum atomic E-state index is -0.313. The number of carbonyl (C=O) groups is 1. The van der Waals surface area contributed by atoms with E-state index in [4.69, 9.17) is 4.74 Å². The van der Waals surface area contributed by atoms with Crippen LogP contribution in [0.5, 0.6) is 0 Å². The van der Waals surface area contributed by atoms with E-state index in [0.29, 0.717) is 36.2 Å². The molecule has 5 rings (SSSR count). The second-order valence-corrected chi connectivity index (χ2v) is 9.10. The summed E-state index contributed by atoms with van der Waals surface area (Å²) in [4.78, 5) is 30.0.